The summed E-state index contributed by atoms with van der Waals surface area (Å²) in [5.74, 6) is 0.239. The largest absolute Gasteiger partial charge is 0.459 e. The Balaban J connectivity index is 2.56. The number of nitrogens with zero attached hydrogens (tertiary/aromatic N) is 1. The molecule has 0 saturated carbocycles. The maximum Gasteiger partial charge on any atom is 0.289 e. The number of methoxy groups -OCH3 is 1. The van der Waals surface area contributed by atoms with Gasteiger partial charge in [-0.05, 0) is 25.1 Å². The van der Waals surface area contributed by atoms with Gasteiger partial charge in [-0.2, -0.15) is 0 Å². The lowest BCUT2D eigenvalue weighted by Crippen LogP contribution is -2.35. The van der Waals surface area contributed by atoms with Crippen molar-refractivity contribution in [2.75, 3.05) is 33.4 Å². The number of carbonyl (C=O) groups is 1. The first-order valence-electron chi connectivity index (χ1n) is 5.31. The number of nitrogens with two attached hydrogens (primary N) is 1. The van der Waals surface area contributed by atoms with E-state index in [0.29, 0.717) is 32.0 Å². The molecule has 0 aliphatic rings. The van der Waals surface area contributed by atoms with E-state index >= 15 is 0 Å². The molecule has 0 atom stereocenters. The highest BCUT2D eigenvalue weighted by molar-refractivity contribution is 5.91. The van der Waals surface area contributed by atoms with E-state index in [1.54, 1.807) is 24.1 Å². The van der Waals surface area contributed by atoms with Crippen LogP contribution in [0.3, 0.4) is 0 Å². The second kappa shape index (κ2) is 7.03. The first-order chi connectivity index (χ1) is 7.79. The highest BCUT2D eigenvalue weighted by Crippen LogP contribution is 2.06. The van der Waals surface area contributed by atoms with Crippen LogP contribution in [0.4, 0.5) is 0 Å². The molecule has 0 aromatic carbocycles. The molecule has 1 aromatic heterocycles. The summed E-state index contributed by atoms with van der Waals surface area (Å²) in [6.45, 7) is 2.25. The van der Waals surface area contributed by atoms with Gasteiger partial charge in [-0.25, -0.2) is 0 Å². The Morgan fingerprint density at radius 2 is 2.38 bits per heavy atom. The zero-order valence-electron chi connectivity index (χ0n) is 9.52. The summed E-state index contributed by atoms with van der Waals surface area (Å²) < 4.78 is 10.0. The van der Waals surface area contributed by atoms with Crippen LogP contribution in [0.1, 0.15) is 17.0 Å². The highest BCUT2D eigenvalue weighted by atomic mass is 16.5. The second-order valence-electron chi connectivity index (χ2n) is 3.40. The van der Waals surface area contributed by atoms with Gasteiger partial charge in [0, 0.05) is 20.2 Å². The molecule has 0 bridgehead atoms. The average Bonchev–Trinajstić information content (AvgIpc) is 2.82. The topological polar surface area (TPSA) is 68.7 Å². The SMILES string of the molecule is COCCN(CCCN)C(=O)c1ccco1. The first-order valence-corrected chi connectivity index (χ1v) is 5.31. The summed E-state index contributed by atoms with van der Waals surface area (Å²) in [6, 6.07) is 3.36. The maximum absolute atomic E-state index is 12.0. The zero-order chi connectivity index (χ0) is 11.8. The first kappa shape index (κ1) is 12.7. The van der Waals surface area contributed by atoms with Gasteiger partial charge in [-0.3, -0.25) is 4.79 Å². The molecule has 0 saturated heterocycles. The van der Waals surface area contributed by atoms with Crippen LogP contribution >= 0.6 is 0 Å². The van der Waals surface area contributed by atoms with Crippen molar-refractivity contribution < 1.29 is 13.9 Å². The molecule has 0 aliphatic carbocycles. The lowest BCUT2D eigenvalue weighted by molar-refractivity contribution is 0.0663. The normalized spacial score (nSPS) is 10.4. The van der Waals surface area contributed by atoms with E-state index in [1.807, 2.05) is 0 Å². The van der Waals surface area contributed by atoms with Gasteiger partial charge in [0.2, 0.25) is 0 Å². The molecular weight excluding hydrogens is 208 g/mol. The molecule has 0 radical (unpaired) electrons. The predicted molar refractivity (Wildman–Crippen MR) is 60.2 cm³/mol. The van der Waals surface area contributed by atoms with Gasteiger partial charge >= 0.3 is 0 Å². The monoisotopic (exact) mass is 226 g/mol. The van der Waals surface area contributed by atoms with E-state index in [2.05, 4.69) is 0 Å². The molecule has 5 nitrogen and oxygen atoms in total. The van der Waals surface area contributed by atoms with Gasteiger partial charge in [-0.1, -0.05) is 0 Å². The Hall–Kier alpha value is -1.33. The van der Waals surface area contributed by atoms with Crippen LogP contribution in [-0.4, -0.2) is 44.2 Å². The fraction of sp³-hybridized carbons (Fsp3) is 0.545. The molecule has 1 heterocycles. The van der Waals surface area contributed by atoms with Crippen molar-refractivity contribution in [1.29, 1.82) is 0 Å². The third kappa shape index (κ3) is 3.67. The van der Waals surface area contributed by atoms with Crippen LogP contribution < -0.4 is 5.73 Å². The van der Waals surface area contributed by atoms with Crippen LogP contribution in [0.2, 0.25) is 0 Å². The molecule has 5 heteroatoms. The standard InChI is InChI=1S/C11H18N2O3/c1-15-9-7-13(6-3-5-12)11(14)10-4-2-8-16-10/h2,4,8H,3,5-7,9,12H2,1H3. The predicted octanol–water partition coefficient (Wildman–Crippen LogP) is 0.717. The molecule has 90 valence electrons. The van der Waals surface area contributed by atoms with E-state index < -0.39 is 0 Å². The summed E-state index contributed by atoms with van der Waals surface area (Å²) in [7, 11) is 1.61. The number of furan rings is 1. The van der Waals surface area contributed by atoms with Gasteiger partial charge < -0.3 is 19.8 Å². The van der Waals surface area contributed by atoms with Crippen LogP contribution in [-0.2, 0) is 4.74 Å². The van der Waals surface area contributed by atoms with Gasteiger partial charge in [0.25, 0.3) is 5.91 Å². The number of carbonyl (C=O) groups excluding carboxylic acids is 1. The number of rotatable bonds is 7. The Morgan fingerprint density at radius 1 is 1.56 bits per heavy atom. The molecule has 0 aliphatic heterocycles. The van der Waals surface area contributed by atoms with E-state index in [4.69, 9.17) is 14.9 Å². The Labute approximate surface area is 95.2 Å². The van der Waals surface area contributed by atoms with Crippen LogP contribution in [0.5, 0.6) is 0 Å². The van der Waals surface area contributed by atoms with Gasteiger partial charge in [-0.15, -0.1) is 0 Å². The molecule has 0 fully saturated rings. The molecule has 16 heavy (non-hydrogen) atoms. The molecule has 1 aromatic rings. The molecule has 1 amide bonds. The highest BCUT2D eigenvalue weighted by Gasteiger charge is 2.17. The van der Waals surface area contributed by atoms with Crippen molar-refractivity contribution in [1.82, 2.24) is 4.90 Å². The number of hydrogen-bond acceptors (Lipinski definition) is 4. The lowest BCUT2D eigenvalue weighted by atomic mass is 10.3. The Bertz CT molecular complexity index is 290. The van der Waals surface area contributed by atoms with Gasteiger partial charge in [0.05, 0.1) is 12.9 Å². The van der Waals surface area contributed by atoms with Gasteiger partial charge in [0.15, 0.2) is 5.76 Å². The van der Waals surface area contributed by atoms with E-state index in [1.165, 1.54) is 6.26 Å². The van der Waals surface area contributed by atoms with E-state index in [9.17, 15) is 4.79 Å². The number of ether oxygens (including phenoxy) is 1. The summed E-state index contributed by atoms with van der Waals surface area (Å²) >= 11 is 0. The minimum absolute atomic E-state index is 0.115. The third-order valence-corrected chi connectivity index (χ3v) is 2.22. The summed E-state index contributed by atoms with van der Waals surface area (Å²) in [4.78, 5) is 13.6. The van der Waals surface area contributed by atoms with Gasteiger partial charge in [0.1, 0.15) is 0 Å². The lowest BCUT2D eigenvalue weighted by Gasteiger charge is -2.20. The van der Waals surface area contributed by atoms with Crippen LogP contribution in [0, 0.1) is 0 Å². The smallest absolute Gasteiger partial charge is 0.289 e. The van der Waals surface area contributed by atoms with Crippen molar-refractivity contribution >= 4 is 5.91 Å². The van der Waals surface area contributed by atoms with Crippen molar-refractivity contribution in [3.8, 4) is 0 Å². The van der Waals surface area contributed by atoms with E-state index in [0.717, 1.165) is 6.42 Å². The molecular formula is C11H18N2O3. The Kier molecular flexibility index (Phi) is 5.60. The summed E-state index contributed by atoms with van der Waals surface area (Å²) in [6.07, 6.45) is 2.26. The summed E-state index contributed by atoms with van der Waals surface area (Å²) in [5.41, 5.74) is 5.43. The van der Waals surface area contributed by atoms with E-state index in [-0.39, 0.29) is 5.91 Å². The molecule has 0 unspecified atom stereocenters. The van der Waals surface area contributed by atoms with Crippen LogP contribution in [0.15, 0.2) is 22.8 Å². The minimum Gasteiger partial charge on any atom is -0.459 e. The average molecular weight is 226 g/mol. The number of amides is 1. The van der Waals surface area contributed by atoms with Crippen molar-refractivity contribution in [2.24, 2.45) is 5.73 Å². The number of hydrogen-bond donors (Lipinski definition) is 1. The van der Waals surface area contributed by atoms with Crippen molar-refractivity contribution in [3.63, 3.8) is 0 Å². The fourth-order valence-electron chi connectivity index (χ4n) is 1.35. The third-order valence-electron chi connectivity index (χ3n) is 2.22. The fourth-order valence-corrected chi connectivity index (χ4v) is 1.35. The zero-order valence-corrected chi connectivity index (χ0v) is 9.52. The van der Waals surface area contributed by atoms with Crippen LogP contribution in [0.25, 0.3) is 0 Å². The summed E-state index contributed by atoms with van der Waals surface area (Å²) in [5, 5.41) is 0. The van der Waals surface area contributed by atoms with Crippen molar-refractivity contribution in [2.45, 2.75) is 6.42 Å². The molecule has 0 spiro atoms. The minimum atomic E-state index is -0.115. The Morgan fingerprint density at radius 3 is 2.94 bits per heavy atom. The molecule has 2 N–H and O–H groups in total. The molecule has 1 rings (SSSR count). The van der Waals surface area contributed by atoms with Crippen molar-refractivity contribution in [3.05, 3.63) is 24.2 Å². The quantitative estimate of drug-likeness (QED) is 0.743. The maximum atomic E-state index is 12.0. The second-order valence-corrected chi connectivity index (χ2v) is 3.40.